The zero-order valence-corrected chi connectivity index (χ0v) is 8.11. The minimum absolute atomic E-state index is 0.143. The first-order valence-electron chi connectivity index (χ1n) is 1.83. The lowest BCUT2D eigenvalue weighted by atomic mass is 11.2. The molecule has 0 atom stereocenters. The molecule has 0 radical (unpaired) electrons. The van der Waals surface area contributed by atoms with Crippen LogP contribution >= 0.6 is 45.4 Å². The molecule has 0 aromatic rings. The Bertz CT molecular complexity index is 98.3. The van der Waals surface area contributed by atoms with Gasteiger partial charge in [-0.1, -0.05) is 23.2 Å². The third-order valence-corrected chi connectivity index (χ3v) is 2.40. The molecule has 0 N–H and O–H groups in total. The van der Waals surface area contributed by atoms with Gasteiger partial charge in [0.05, 0.1) is 0 Å². The standard InChI is InChI=1S/C3H4Cl4Si/c1-8(6,7)2-3(4)5/h2H,1H3. The lowest BCUT2D eigenvalue weighted by molar-refractivity contribution is 2.14. The summed E-state index contributed by atoms with van der Waals surface area (Å²) in [7, 11) is 0. The van der Waals surface area contributed by atoms with Gasteiger partial charge in [0, 0.05) is 0 Å². The van der Waals surface area contributed by atoms with Crippen LogP contribution in [0, 0.1) is 0 Å². The summed E-state index contributed by atoms with van der Waals surface area (Å²) in [4.78, 5) is 0. The van der Waals surface area contributed by atoms with E-state index >= 15 is 0 Å². The van der Waals surface area contributed by atoms with Gasteiger partial charge in [-0.25, -0.2) is 0 Å². The molecule has 8 heavy (non-hydrogen) atoms. The van der Waals surface area contributed by atoms with Gasteiger partial charge < -0.3 is 0 Å². The molecule has 0 fully saturated rings. The summed E-state index contributed by atoms with van der Waals surface area (Å²) in [5, 5.41) is 0. The minimum Gasteiger partial charge on any atom is -0.141 e. The zero-order chi connectivity index (χ0) is 6.78. The Kier molecular flexibility index (Phi) is 3.79. The molecule has 5 heteroatoms. The van der Waals surface area contributed by atoms with Crippen LogP contribution in [0.15, 0.2) is 10.2 Å². The lowest BCUT2D eigenvalue weighted by Gasteiger charge is -1.99. The molecule has 0 aliphatic rings. The van der Waals surface area contributed by atoms with Gasteiger partial charge in [-0.05, 0) is 12.2 Å². The third kappa shape index (κ3) is 7.12. The average molecular weight is 210 g/mol. The molecule has 0 unspecified atom stereocenters. The van der Waals surface area contributed by atoms with Crippen LogP contribution in [0.5, 0.6) is 0 Å². The topological polar surface area (TPSA) is 0 Å². The van der Waals surface area contributed by atoms with Gasteiger partial charge in [-0.3, -0.25) is 0 Å². The third-order valence-electron chi connectivity index (χ3n) is 0.363. The van der Waals surface area contributed by atoms with Crippen molar-refractivity contribution >= 4 is 52.1 Å². The Morgan fingerprint density at radius 2 is 1.75 bits per heavy atom. The summed E-state index contributed by atoms with van der Waals surface area (Å²) >= 11 is 21.7. The van der Waals surface area contributed by atoms with Crippen LogP contribution in [0.2, 0.25) is 6.55 Å². The summed E-state index contributed by atoms with van der Waals surface area (Å²) < 4.78 is 0.143. The predicted molar refractivity (Wildman–Crippen MR) is 43.1 cm³/mol. The van der Waals surface area contributed by atoms with E-state index in [4.69, 9.17) is 45.4 Å². The van der Waals surface area contributed by atoms with E-state index in [9.17, 15) is 0 Å². The maximum Gasteiger partial charge on any atom is 0.273 e. The molecule has 0 saturated heterocycles. The Hall–Kier alpha value is 1.12. The minimum atomic E-state index is -2.20. The molecule has 0 saturated carbocycles. The molecule has 0 aromatic heterocycles. The molecule has 48 valence electrons. The molecule has 0 heterocycles. The van der Waals surface area contributed by atoms with Crippen LogP contribution in [0.4, 0.5) is 0 Å². The van der Waals surface area contributed by atoms with Crippen molar-refractivity contribution in [1.29, 1.82) is 0 Å². The molecule has 0 nitrogen and oxygen atoms in total. The first-order valence-corrected chi connectivity index (χ1v) is 7.19. The molecule has 0 bridgehead atoms. The molecule has 0 aliphatic heterocycles. The van der Waals surface area contributed by atoms with Crippen LogP contribution in [-0.2, 0) is 0 Å². The zero-order valence-electron chi connectivity index (χ0n) is 4.09. The normalized spacial score (nSPS) is 11.1. The van der Waals surface area contributed by atoms with Gasteiger partial charge in [-0.15, -0.1) is 22.2 Å². The quantitative estimate of drug-likeness (QED) is 0.459. The molecule has 0 rings (SSSR count). The second kappa shape index (κ2) is 3.33. The second-order valence-corrected chi connectivity index (χ2v) is 9.89. The van der Waals surface area contributed by atoms with E-state index in [1.165, 1.54) is 5.70 Å². The van der Waals surface area contributed by atoms with Gasteiger partial charge in [0.1, 0.15) is 4.49 Å². The fraction of sp³-hybridized carbons (Fsp3) is 0.333. The molecule has 0 amide bonds. The SMILES string of the molecule is C[Si](Cl)(Cl)C=C(Cl)Cl. The predicted octanol–water partition coefficient (Wildman–Crippen LogP) is 3.39. The Morgan fingerprint density at radius 1 is 1.38 bits per heavy atom. The van der Waals surface area contributed by atoms with E-state index < -0.39 is 6.69 Å². The van der Waals surface area contributed by atoms with Crippen LogP contribution in [0.25, 0.3) is 0 Å². The van der Waals surface area contributed by atoms with Crippen LogP contribution < -0.4 is 0 Å². The molecular weight excluding hydrogens is 206 g/mol. The smallest absolute Gasteiger partial charge is 0.141 e. The highest BCUT2D eigenvalue weighted by molar-refractivity contribution is 7.47. The van der Waals surface area contributed by atoms with Crippen LogP contribution in [-0.4, -0.2) is 6.69 Å². The number of hydrogen-bond acceptors (Lipinski definition) is 0. The summed E-state index contributed by atoms with van der Waals surface area (Å²) in [5.41, 5.74) is 1.47. The van der Waals surface area contributed by atoms with Crippen molar-refractivity contribution in [2.24, 2.45) is 0 Å². The fourth-order valence-corrected chi connectivity index (χ4v) is 3.21. The van der Waals surface area contributed by atoms with Gasteiger partial charge >= 0.3 is 0 Å². The summed E-state index contributed by atoms with van der Waals surface area (Å²) in [6.07, 6.45) is 0. The monoisotopic (exact) mass is 208 g/mol. The van der Waals surface area contributed by atoms with Crippen molar-refractivity contribution in [3.8, 4) is 0 Å². The first kappa shape index (κ1) is 9.12. The van der Waals surface area contributed by atoms with Gasteiger partial charge in [-0.2, -0.15) is 0 Å². The molecule has 0 aromatic carbocycles. The van der Waals surface area contributed by atoms with E-state index in [1.807, 2.05) is 0 Å². The highest BCUT2D eigenvalue weighted by Gasteiger charge is 2.16. The van der Waals surface area contributed by atoms with Crippen molar-refractivity contribution < 1.29 is 0 Å². The van der Waals surface area contributed by atoms with E-state index in [2.05, 4.69) is 0 Å². The lowest BCUT2D eigenvalue weighted by Crippen LogP contribution is -2.07. The fourth-order valence-electron chi connectivity index (χ4n) is 0.192. The second-order valence-electron chi connectivity index (χ2n) is 1.39. The van der Waals surface area contributed by atoms with Crippen LogP contribution in [0.1, 0.15) is 0 Å². The van der Waals surface area contributed by atoms with Gasteiger partial charge in [0.2, 0.25) is 0 Å². The summed E-state index contributed by atoms with van der Waals surface area (Å²) in [6.45, 7) is -0.493. The van der Waals surface area contributed by atoms with Crippen molar-refractivity contribution in [3.05, 3.63) is 10.2 Å². The molecular formula is C3H4Cl4Si. The summed E-state index contributed by atoms with van der Waals surface area (Å²) in [5.74, 6) is 0. The van der Waals surface area contributed by atoms with Crippen molar-refractivity contribution in [2.75, 3.05) is 0 Å². The number of hydrogen-bond donors (Lipinski definition) is 0. The van der Waals surface area contributed by atoms with Gasteiger partial charge in [0.15, 0.2) is 0 Å². The van der Waals surface area contributed by atoms with Crippen molar-refractivity contribution in [2.45, 2.75) is 6.55 Å². The van der Waals surface area contributed by atoms with E-state index in [-0.39, 0.29) is 4.49 Å². The maximum atomic E-state index is 5.59. The van der Waals surface area contributed by atoms with E-state index in [1.54, 1.807) is 6.55 Å². The Balaban J connectivity index is 3.89. The van der Waals surface area contributed by atoms with E-state index in [0.29, 0.717) is 0 Å². The summed E-state index contributed by atoms with van der Waals surface area (Å²) in [6, 6.07) is 0. The van der Waals surface area contributed by atoms with Crippen molar-refractivity contribution in [3.63, 3.8) is 0 Å². The maximum absolute atomic E-state index is 5.59. The first-order chi connectivity index (χ1) is 3.42. The largest absolute Gasteiger partial charge is 0.273 e. The average Bonchev–Trinajstić information content (AvgIpc) is 1.21. The number of halogens is 4. The highest BCUT2D eigenvalue weighted by Crippen LogP contribution is 2.20. The van der Waals surface area contributed by atoms with E-state index in [0.717, 1.165) is 0 Å². The Labute approximate surface area is 68.8 Å². The highest BCUT2D eigenvalue weighted by atomic mass is 35.7. The Morgan fingerprint density at radius 3 is 1.75 bits per heavy atom. The molecule has 0 spiro atoms. The number of rotatable bonds is 1. The molecule has 0 aliphatic carbocycles. The van der Waals surface area contributed by atoms with Crippen molar-refractivity contribution in [1.82, 2.24) is 0 Å². The van der Waals surface area contributed by atoms with Gasteiger partial charge in [0.25, 0.3) is 6.69 Å². The van der Waals surface area contributed by atoms with Crippen LogP contribution in [0.3, 0.4) is 0 Å².